The highest BCUT2D eigenvalue weighted by Crippen LogP contribution is 2.45. The second kappa shape index (κ2) is 7.44. The maximum atomic E-state index is 8.16. The number of rotatable bonds is 1. The molecular weight excluding hydrogens is 462 g/mol. The van der Waals surface area contributed by atoms with E-state index in [0.29, 0.717) is 67.4 Å². The molecule has 0 saturated carbocycles. The van der Waals surface area contributed by atoms with E-state index < -0.39 is 19.1 Å². The number of aryl methyl sites for hydroxylation is 4. The second-order valence-electron chi connectivity index (χ2n) is 11.9. The molecule has 4 heterocycles. The van der Waals surface area contributed by atoms with Crippen molar-refractivity contribution in [1.82, 2.24) is 9.97 Å². The molecule has 0 unspecified atom stereocenters. The second-order valence-corrected chi connectivity index (χ2v) is 11.9. The van der Waals surface area contributed by atoms with Gasteiger partial charge in [0.15, 0.2) is 22.9 Å². The van der Waals surface area contributed by atoms with Crippen LogP contribution in [-0.4, -0.2) is 9.97 Å². The molecule has 190 valence electrons. The third kappa shape index (κ3) is 3.49. The zero-order valence-corrected chi connectivity index (χ0v) is 22.4. The minimum absolute atomic E-state index is 0.228. The fourth-order valence-corrected chi connectivity index (χ4v) is 4.80. The van der Waals surface area contributed by atoms with Gasteiger partial charge in [0, 0.05) is 47.7 Å². The van der Waals surface area contributed by atoms with Crippen LogP contribution in [0.15, 0.2) is 37.6 Å². The molecule has 0 aliphatic heterocycles. The maximum Gasteiger partial charge on any atom is 0.216 e. The fraction of sp³-hybridized carbons (Fsp3) is 0.387. The van der Waals surface area contributed by atoms with E-state index in [1.807, 2.05) is 60.6 Å². The number of furan rings is 1. The molecule has 6 aromatic rings. The number of aromatic nitrogens is 3. The molecule has 6 rings (SSSR count). The molecule has 37 heavy (non-hydrogen) atoms. The third-order valence-electron chi connectivity index (χ3n) is 6.82. The van der Waals surface area contributed by atoms with Gasteiger partial charge >= 0.3 is 0 Å². The minimum Gasteiger partial charge on any atom is -0.455 e. The highest BCUT2D eigenvalue weighted by atomic mass is 16.4. The first-order chi connectivity index (χ1) is 19.7. The average Bonchev–Trinajstić information content (AvgIpc) is 3.56. The van der Waals surface area contributed by atoms with Crippen molar-refractivity contribution in [2.45, 2.75) is 73.0 Å². The van der Waals surface area contributed by atoms with Gasteiger partial charge in [-0.25, -0.2) is 14.5 Å². The molecule has 0 fully saturated rings. The molecule has 0 spiro atoms. The van der Waals surface area contributed by atoms with E-state index in [2.05, 4.69) is 0 Å². The lowest BCUT2D eigenvalue weighted by molar-refractivity contribution is -0.660. The SMILES string of the molecule is [2H]C([2H])([2H])c1cc(-c2c(C)c3oc(C(C)(C)C)nc3c3c2oc2cc4nc(C(C)(C)C)oc4cc23)[n+](C)cc1C([2H])([2H])[2H]. The smallest absolute Gasteiger partial charge is 0.216 e. The summed E-state index contributed by atoms with van der Waals surface area (Å²) in [6, 6.07) is 5.17. The number of hydrogen-bond donors (Lipinski definition) is 0. The van der Waals surface area contributed by atoms with Gasteiger partial charge < -0.3 is 13.3 Å². The number of hydrogen-bond acceptors (Lipinski definition) is 5. The zero-order valence-electron chi connectivity index (χ0n) is 28.4. The summed E-state index contributed by atoms with van der Waals surface area (Å²) in [6.07, 6.45) is 1.37. The van der Waals surface area contributed by atoms with Gasteiger partial charge in [-0.2, -0.15) is 0 Å². The van der Waals surface area contributed by atoms with Crippen molar-refractivity contribution in [3.8, 4) is 11.3 Å². The number of nitrogens with zero attached hydrogens (tertiary/aromatic N) is 3. The Kier molecular flexibility index (Phi) is 3.56. The molecule has 0 N–H and O–H groups in total. The molecule has 0 aliphatic carbocycles. The molecule has 6 nitrogen and oxygen atoms in total. The van der Waals surface area contributed by atoms with E-state index in [1.165, 1.54) is 12.3 Å². The highest BCUT2D eigenvalue weighted by molar-refractivity contribution is 6.22. The number of benzene rings is 2. The van der Waals surface area contributed by atoms with Crippen molar-refractivity contribution in [2.75, 3.05) is 0 Å². The van der Waals surface area contributed by atoms with Gasteiger partial charge in [-0.15, -0.1) is 0 Å². The summed E-state index contributed by atoms with van der Waals surface area (Å²) in [5, 5.41) is 1.44. The quantitative estimate of drug-likeness (QED) is 0.214. The van der Waals surface area contributed by atoms with Crippen LogP contribution >= 0.6 is 0 Å². The van der Waals surface area contributed by atoms with Crippen LogP contribution in [0.2, 0.25) is 0 Å². The van der Waals surface area contributed by atoms with E-state index in [-0.39, 0.29) is 16.5 Å². The Morgan fingerprint density at radius 3 is 2.19 bits per heavy atom. The van der Waals surface area contributed by atoms with Gasteiger partial charge in [-0.05, 0) is 32.3 Å². The van der Waals surface area contributed by atoms with Gasteiger partial charge in [0.2, 0.25) is 17.5 Å². The average molecular weight is 503 g/mol. The van der Waals surface area contributed by atoms with Gasteiger partial charge in [0.1, 0.15) is 23.7 Å². The molecule has 0 radical (unpaired) electrons. The molecule has 0 atom stereocenters. The van der Waals surface area contributed by atoms with Gasteiger partial charge in [-0.3, -0.25) is 0 Å². The van der Waals surface area contributed by atoms with Crippen LogP contribution in [0.1, 0.15) is 78.2 Å². The number of oxazole rings is 2. The molecule has 0 bridgehead atoms. The predicted octanol–water partition coefficient (Wildman–Crippen LogP) is 7.88. The Balaban J connectivity index is 1.78. The van der Waals surface area contributed by atoms with Gasteiger partial charge in [-0.1, -0.05) is 41.5 Å². The molecule has 2 aromatic carbocycles. The third-order valence-corrected chi connectivity index (χ3v) is 6.82. The topological polar surface area (TPSA) is 69.1 Å². The Morgan fingerprint density at radius 1 is 0.811 bits per heavy atom. The Bertz CT molecular complexity index is 2100. The molecule has 0 saturated heterocycles. The normalized spacial score (nSPS) is 16.2. The number of pyridine rings is 1. The van der Waals surface area contributed by atoms with E-state index in [0.717, 1.165) is 5.39 Å². The lowest BCUT2D eigenvalue weighted by Crippen LogP contribution is -2.31. The van der Waals surface area contributed by atoms with Crippen molar-refractivity contribution >= 4 is 44.1 Å². The first kappa shape index (κ1) is 17.7. The molecule has 0 aliphatic rings. The van der Waals surface area contributed by atoms with Crippen molar-refractivity contribution in [2.24, 2.45) is 7.05 Å². The summed E-state index contributed by atoms with van der Waals surface area (Å²) in [4.78, 5) is 9.64. The summed E-state index contributed by atoms with van der Waals surface area (Å²) < 4.78 is 69.3. The van der Waals surface area contributed by atoms with E-state index >= 15 is 0 Å². The van der Waals surface area contributed by atoms with Crippen LogP contribution in [0.5, 0.6) is 0 Å². The monoisotopic (exact) mass is 502 g/mol. The Hall–Kier alpha value is -3.67. The lowest BCUT2D eigenvalue weighted by Gasteiger charge is -2.11. The van der Waals surface area contributed by atoms with E-state index in [4.69, 9.17) is 31.4 Å². The van der Waals surface area contributed by atoms with Crippen LogP contribution in [0.25, 0.3) is 55.4 Å². The molecule has 6 heteroatoms. The zero-order chi connectivity index (χ0) is 31.6. The molecule has 0 amide bonds. The van der Waals surface area contributed by atoms with Crippen molar-refractivity contribution < 1.29 is 26.0 Å². The largest absolute Gasteiger partial charge is 0.455 e. The van der Waals surface area contributed by atoms with Gasteiger partial charge in [0.05, 0.1) is 10.9 Å². The molecule has 4 aromatic heterocycles. The van der Waals surface area contributed by atoms with Gasteiger partial charge in [0.25, 0.3) is 0 Å². The Morgan fingerprint density at radius 2 is 1.51 bits per heavy atom. The van der Waals surface area contributed by atoms with Crippen LogP contribution in [-0.2, 0) is 17.9 Å². The van der Waals surface area contributed by atoms with Crippen LogP contribution < -0.4 is 4.57 Å². The van der Waals surface area contributed by atoms with Crippen LogP contribution in [0.3, 0.4) is 0 Å². The summed E-state index contributed by atoms with van der Waals surface area (Å²) in [6.45, 7) is 8.73. The first-order valence-electron chi connectivity index (χ1n) is 15.3. The van der Waals surface area contributed by atoms with Crippen LogP contribution in [0.4, 0.5) is 0 Å². The van der Waals surface area contributed by atoms with Crippen molar-refractivity contribution in [3.63, 3.8) is 0 Å². The van der Waals surface area contributed by atoms with E-state index in [9.17, 15) is 0 Å². The van der Waals surface area contributed by atoms with E-state index in [1.54, 1.807) is 11.6 Å². The van der Waals surface area contributed by atoms with Crippen molar-refractivity contribution in [3.05, 3.63) is 52.9 Å². The van der Waals surface area contributed by atoms with Crippen molar-refractivity contribution in [1.29, 1.82) is 0 Å². The van der Waals surface area contributed by atoms with Crippen LogP contribution in [0, 0.1) is 20.6 Å². The predicted molar refractivity (Wildman–Crippen MR) is 147 cm³/mol. The summed E-state index contributed by atoms with van der Waals surface area (Å²) >= 11 is 0. The number of fused-ring (bicyclic) bond motifs is 6. The minimum atomic E-state index is -2.66. The first-order valence-corrected chi connectivity index (χ1v) is 12.3. The standard InChI is InChI=1S/C31H34N3O3/c1-15-11-20(34(10)14-16(15)2)23-17(3)26-25(33-29(37-26)31(7,8)9)24-18-12-22-19(13-21(18)35-27(23)24)32-28(36-22)30(4,5)6/h11-14H,1-10H3/q+1/i1D3,2D3. The maximum absolute atomic E-state index is 8.16. The summed E-state index contributed by atoms with van der Waals surface area (Å²) in [5.74, 6) is 1.15. The highest BCUT2D eigenvalue weighted by Gasteiger charge is 2.30. The molecular formula is C31H34N3O3+. The summed E-state index contributed by atoms with van der Waals surface area (Å²) in [7, 11) is 1.69. The lowest BCUT2D eigenvalue weighted by atomic mass is 9.97. The fourth-order valence-electron chi connectivity index (χ4n) is 4.80. The summed E-state index contributed by atoms with van der Waals surface area (Å²) in [5.41, 5.74) is 4.04. The Labute approximate surface area is 224 Å².